The Kier molecular flexibility index (Phi) is 3.56. The first-order valence-electron chi connectivity index (χ1n) is 4.46. The number of rotatable bonds is 3. The number of hydrogen-bond acceptors (Lipinski definition) is 3. The Morgan fingerprint density at radius 3 is 2.56 bits per heavy atom. The SMILES string of the molecule is CC(=O)c1ccc(OC(F)F)c(C)c1C#N. The summed E-state index contributed by atoms with van der Waals surface area (Å²) in [4.78, 5) is 11.2. The minimum atomic E-state index is -2.95. The molecular weight excluding hydrogens is 216 g/mol. The molecule has 0 amide bonds. The summed E-state index contributed by atoms with van der Waals surface area (Å²) in [6.07, 6.45) is 0. The van der Waals surface area contributed by atoms with E-state index in [0.717, 1.165) is 0 Å². The third-order valence-corrected chi connectivity index (χ3v) is 2.12. The zero-order valence-electron chi connectivity index (χ0n) is 8.75. The standard InChI is InChI=1S/C11H9F2NO2/c1-6-9(5-14)8(7(2)15)3-4-10(6)16-11(12)13/h3-4,11H,1-2H3. The van der Waals surface area contributed by atoms with Crippen LogP contribution in [0.1, 0.15) is 28.4 Å². The van der Waals surface area contributed by atoms with Crippen molar-refractivity contribution in [2.45, 2.75) is 20.5 Å². The van der Waals surface area contributed by atoms with Crippen LogP contribution in [0.5, 0.6) is 5.75 Å². The van der Waals surface area contributed by atoms with Crippen molar-refractivity contribution in [3.05, 3.63) is 28.8 Å². The second-order valence-electron chi connectivity index (χ2n) is 3.16. The maximum Gasteiger partial charge on any atom is 0.387 e. The van der Waals surface area contributed by atoms with E-state index in [9.17, 15) is 13.6 Å². The van der Waals surface area contributed by atoms with Gasteiger partial charge in [-0.15, -0.1) is 0 Å². The van der Waals surface area contributed by atoms with Crippen molar-refractivity contribution >= 4 is 5.78 Å². The lowest BCUT2D eigenvalue weighted by molar-refractivity contribution is -0.0503. The van der Waals surface area contributed by atoms with E-state index in [1.54, 1.807) is 0 Å². The van der Waals surface area contributed by atoms with E-state index >= 15 is 0 Å². The fourth-order valence-corrected chi connectivity index (χ4v) is 1.35. The molecule has 0 unspecified atom stereocenters. The molecular formula is C11H9F2NO2. The Balaban J connectivity index is 3.30. The first-order chi connectivity index (χ1) is 7.47. The topological polar surface area (TPSA) is 50.1 Å². The monoisotopic (exact) mass is 225 g/mol. The van der Waals surface area contributed by atoms with Gasteiger partial charge in [-0.05, 0) is 26.0 Å². The van der Waals surface area contributed by atoms with Crippen molar-refractivity contribution in [2.24, 2.45) is 0 Å². The smallest absolute Gasteiger partial charge is 0.387 e. The average Bonchev–Trinajstić information content (AvgIpc) is 2.19. The number of carbonyl (C=O) groups excluding carboxylic acids is 1. The number of carbonyl (C=O) groups is 1. The van der Waals surface area contributed by atoms with Crippen LogP contribution in [0.2, 0.25) is 0 Å². The Labute approximate surface area is 91.3 Å². The average molecular weight is 225 g/mol. The summed E-state index contributed by atoms with van der Waals surface area (Å²) in [5.41, 5.74) is 0.530. The van der Waals surface area contributed by atoms with Crippen molar-refractivity contribution < 1.29 is 18.3 Å². The van der Waals surface area contributed by atoms with Gasteiger partial charge in [-0.1, -0.05) is 0 Å². The molecule has 0 radical (unpaired) electrons. The van der Waals surface area contributed by atoms with Crippen LogP contribution in [0.15, 0.2) is 12.1 Å². The Morgan fingerprint density at radius 2 is 2.12 bits per heavy atom. The van der Waals surface area contributed by atoms with E-state index in [-0.39, 0.29) is 28.2 Å². The molecule has 0 aromatic heterocycles. The van der Waals surface area contributed by atoms with Crippen molar-refractivity contribution in [3.63, 3.8) is 0 Å². The molecule has 1 rings (SSSR count). The molecule has 0 aliphatic heterocycles. The van der Waals surface area contributed by atoms with Crippen LogP contribution >= 0.6 is 0 Å². The number of alkyl halides is 2. The van der Waals surface area contributed by atoms with Gasteiger partial charge < -0.3 is 4.74 Å². The van der Waals surface area contributed by atoms with Gasteiger partial charge in [-0.3, -0.25) is 4.79 Å². The van der Waals surface area contributed by atoms with Gasteiger partial charge in [0, 0.05) is 11.1 Å². The van der Waals surface area contributed by atoms with Gasteiger partial charge >= 0.3 is 6.61 Å². The summed E-state index contributed by atoms with van der Waals surface area (Å²) in [7, 11) is 0. The van der Waals surface area contributed by atoms with Gasteiger partial charge in [0.05, 0.1) is 5.56 Å². The lowest BCUT2D eigenvalue weighted by Crippen LogP contribution is -2.06. The molecule has 1 aromatic rings. The van der Waals surface area contributed by atoms with E-state index in [1.165, 1.54) is 26.0 Å². The highest BCUT2D eigenvalue weighted by Crippen LogP contribution is 2.26. The van der Waals surface area contributed by atoms with E-state index in [4.69, 9.17) is 5.26 Å². The summed E-state index contributed by atoms with van der Waals surface area (Å²) in [6.45, 7) is -0.181. The summed E-state index contributed by atoms with van der Waals surface area (Å²) >= 11 is 0. The fourth-order valence-electron chi connectivity index (χ4n) is 1.35. The van der Waals surface area contributed by atoms with Gasteiger partial charge in [0.1, 0.15) is 11.8 Å². The number of ether oxygens (including phenoxy) is 1. The van der Waals surface area contributed by atoms with Crippen molar-refractivity contribution in [3.8, 4) is 11.8 Å². The van der Waals surface area contributed by atoms with E-state index in [0.29, 0.717) is 0 Å². The summed E-state index contributed by atoms with van der Waals surface area (Å²) in [5, 5.41) is 8.86. The number of halogens is 2. The van der Waals surface area contributed by atoms with Gasteiger partial charge in [-0.25, -0.2) is 0 Å². The summed E-state index contributed by atoms with van der Waals surface area (Å²) < 4.78 is 28.3. The van der Waals surface area contributed by atoms with Crippen LogP contribution in [-0.2, 0) is 0 Å². The molecule has 5 heteroatoms. The van der Waals surface area contributed by atoms with Crippen LogP contribution in [0, 0.1) is 18.3 Å². The Hall–Kier alpha value is -1.96. The minimum absolute atomic E-state index is 0.0747. The molecule has 0 spiro atoms. The first kappa shape index (κ1) is 12.1. The zero-order chi connectivity index (χ0) is 12.3. The molecule has 3 nitrogen and oxygen atoms in total. The van der Waals surface area contributed by atoms with Crippen molar-refractivity contribution in [1.29, 1.82) is 5.26 Å². The molecule has 1 aromatic carbocycles. The lowest BCUT2D eigenvalue weighted by atomic mass is 9.99. The molecule has 0 saturated carbocycles. The molecule has 16 heavy (non-hydrogen) atoms. The normalized spacial score (nSPS) is 10.0. The van der Waals surface area contributed by atoms with Crippen LogP contribution < -0.4 is 4.74 Å². The van der Waals surface area contributed by atoms with Gasteiger partial charge in [0.15, 0.2) is 5.78 Å². The fraction of sp³-hybridized carbons (Fsp3) is 0.273. The van der Waals surface area contributed by atoms with Crippen LogP contribution in [0.3, 0.4) is 0 Å². The quantitative estimate of drug-likeness (QED) is 0.743. The highest BCUT2D eigenvalue weighted by atomic mass is 19.3. The van der Waals surface area contributed by atoms with Crippen molar-refractivity contribution in [2.75, 3.05) is 0 Å². The predicted octanol–water partition coefficient (Wildman–Crippen LogP) is 2.67. The van der Waals surface area contributed by atoms with Crippen LogP contribution in [0.25, 0.3) is 0 Å². The number of Topliss-reactive ketones (excluding diaryl/α,β-unsaturated/α-hetero) is 1. The molecule has 84 valence electrons. The molecule has 0 atom stereocenters. The number of nitrogens with zero attached hydrogens (tertiary/aromatic N) is 1. The Bertz CT molecular complexity index is 464. The van der Waals surface area contributed by atoms with E-state index in [1.807, 2.05) is 6.07 Å². The first-order valence-corrected chi connectivity index (χ1v) is 4.46. The molecule has 0 saturated heterocycles. The van der Waals surface area contributed by atoms with E-state index < -0.39 is 6.61 Å². The minimum Gasteiger partial charge on any atom is -0.435 e. The molecule has 0 heterocycles. The van der Waals surface area contributed by atoms with Crippen LogP contribution in [0.4, 0.5) is 8.78 Å². The second kappa shape index (κ2) is 4.71. The summed E-state index contributed by atoms with van der Waals surface area (Å²) in [5.74, 6) is -0.375. The summed E-state index contributed by atoms with van der Waals surface area (Å²) in [6, 6.07) is 4.39. The van der Waals surface area contributed by atoms with Gasteiger partial charge in [0.2, 0.25) is 0 Å². The number of ketones is 1. The maximum atomic E-state index is 12.0. The Morgan fingerprint density at radius 1 is 1.50 bits per heavy atom. The van der Waals surface area contributed by atoms with Gasteiger partial charge in [-0.2, -0.15) is 14.0 Å². The number of hydrogen-bond donors (Lipinski definition) is 0. The predicted molar refractivity (Wildman–Crippen MR) is 52.5 cm³/mol. The van der Waals surface area contributed by atoms with E-state index in [2.05, 4.69) is 4.74 Å². The molecule has 0 bridgehead atoms. The molecule has 0 N–H and O–H groups in total. The zero-order valence-corrected chi connectivity index (χ0v) is 8.75. The third kappa shape index (κ3) is 2.34. The molecule has 0 aliphatic rings. The largest absolute Gasteiger partial charge is 0.435 e. The molecule has 0 fully saturated rings. The van der Waals surface area contributed by atoms with Crippen molar-refractivity contribution in [1.82, 2.24) is 0 Å². The highest BCUT2D eigenvalue weighted by Gasteiger charge is 2.15. The number of nitriles is 1. The number of benzene rings is 1. The van der Waals surface area contributed by atoms with Gasteiger partial charge in [0.25, 0.3) is 0 Å². The molecule has 0 aliphatic carbocycles. The second-order valence-corrected chi connectivity index (χ2v) is 3.16. The lowest BCUT2D eigenvalue weighted by Gasteiger charge is -2.10. The van der Waals surface area contributed by atoms with Crippen LogP contribution in [-0.4, -0.2) is 12.4 Å². The third-order valence-electron chi connectivity index (χ3n) is 2.12. The highest BCUT2D eigenvalue weighted by molar-refractivity contribution is 5.97. The maximum absolute atomic E-state index is 12.0.